The zero-order chi connectivity index (χ0) is 14.0. The number of ether oxygens (including phenoxy) is 1. The molecule has 21 heavy (non-hydrogen) atoms. The summed E-state index contributed by atoms with van der Waals surface area (Å²) in [5, 5.41) is 3.43. The van der Waals surface area contributed by atoms with Crippen molar-refractivity contribution in [2.45, 2.75) is 26.0 Å². The van der Waals surface area contributed by atoms with Crippen LogP contribution in [0.3, 0.4) is 0 Å². The third-order valence-electron chi connectivity index (χ3n) is 4.43. The Balaban J connectivity index is 0.00000161. The summed E-state index contributed by atoms with van der Waals surface area (Å²) in [6, 6.07) is 7.09. The van der Waals surface area contributed by atoms with E-state index < -0.39 is 6.61 Å². The number of alkyl halides is 2. The third-order valence-corrected chi connectivity index (χ3v) is 4.43. The molecule has 1 N–H and O–H groups in total. The number of para-hydroxylation sites is 1. The van der Waals surface area contributed by atoms with Gasteiger partial charge in [0.15, 0.2) is 0 Å². The quantitative estimate of drug-likeness (QED) is 0.924. The molecule has 3 rings (SSSR count). The summed E-state index contributed by atoms with van der Waals surface area (Å²) < 4.78 is 29.4. The van der Waals surface area contributed by atoms with Crippen molar-refractivity contribution in [3.05, 3.63) is 29.8 Å². The van der Waals surface area contributed by atoms with E-state index >= 15 is 0 Å². The number of hydrogen-bond acceptors (Lipinski definition) is 3. The molecule has 2 saturated heterocycles. The molecule has 0 saturated carbocycles. The summed E-state index contributed by atoms with van der Waals surface area (Å²) in [5.74, 6) is 0.299. The van der Waals surface area contributed by atoms with Crippen molar-refractivity contribution in [2.24, 2.45) is 5.41 Å². The van der Waals surface area contributed by atoms with Crippen LogP contribution in [0.4, 0.5) is 8.78 Å². The highest BCUT2D eigenvalue weighted by molar-refractivity contribution is 5.85. The van der Waals surface area contributed by atoms with Crippen molar-refractivity contribution in [1.29, 1.82) is 0 Å². The van der Waals surface area contributed by atoms with E-state index in [1.165, 1.54) is 12.8 Å². The molecular formula is C15H21ClF2N2O. The Labute approximate surface area is 130 Å². The predicted octanol–water partition coefficient (Wildman–Crippen LogP) is 2.90. The number of hydrogen-bond donors (Lipinski definition) is 1. The highest BCUT2D eigenvalue weighted by atomic mass is 35.5. The zero-order valence-electron chi connectivity index (χ0n) is 11.9. The monoisotopic (exact) mass is 318 g/mol. The molecule has 3 nitrogen and oxygen atoms in total. The normalized spacial score (nSPS) is 25.5. The number of likely N-dealkylation sites (tertiary alicyclic amines) is 1. The molecule has 0 bridgehead atoms. The summed E-state index contributed by atoms with van der Waals surface area (Å²) in [4.78, 5) is 2.35. The average Bonchev–Trinajstić information content (AvgIpc) is 3.02. The SMILES string of the molecule is Cl.FC(F)Oc1ccccc1CN1CCC2(CCNC2)C1. The van der Waals surface area contributed by atoms with Crippen molar-refractivity contribution >= 4 is 12.4 Å². The molecule has 2 fully saturated rings. The molecule has 1 aromatic carbocycles. The van der Waals surface area contributed by atoms with Crippen LogP contribution >= 0.6 is 12.4 Å². The van der Waals surface area contributed by atoms with Gasteiger partial charge in [0, 0.05) is 25.2 Å². The van der Waals surface area contributed by atoms with E-state index in [1.807, 2.05) is 12.1 Å². The summed E-state index contributed by atoms with van der Waals surface area (Å²) in [5.41, 5.74) is 1.24. The van der Waals surface area contributed by atoms with Crippen LogP contribution in [0.5, 0.6) is 5.75 Å². The summed E-state index contributed by atoms with van der Waals surface area (Å²) in [6.07, 6.45) is 2.41. The molecule has 118 valence electrons. The average molecular weight is 319 g/mol. The van der Waals surface area contributed by atoms with Crippen molar-refractivity contribution in [2.75, 3.05) is 26.2 Å². The van der Waals surface area contributed by atoms with Crippen LogP contribution in [0, 0.1) is 5.41 Å². The number of rotatable bonds is 4. The largest absolute Gasteiger partial charge is 0.434 e. The second kappa shape index (κ2) is 6.90. The van der Waals surface area contributed by atoms with Gasteiger partial charge in [-0.2, -0.15) is 8.78 Å². The first-order valence-electron chi connectivity index (χ1n) is 7.13. The Morgan fingerprint density at radius 3 is 2.81 bits per heavy atom. The second-order valence-electron chi connectivity index (χ2n) is 5.87. The lowest BCUT2D eigenvalue weighted by Gasteiger charge is -2.23. The van der Waals surface area contributed by atoms with Gasteiger partial charge in [0.2, 0.25) is 0 Å². The number of benzene rings is 1. The zero-order valence-corrected chi connectivity index (χ0v) is 12.7. The van der Waals surface area contributed by atoms with Crippen LogP contribution in [0.2, 0.25) is 0 Å². The fourth-order valence-corrected chi connectivity index (χ4v) is 3.39. The Morgan fingerprint density at radius 1 is 1.29 bits per heavy atom. The minimum atomic E-state index is -2.76. The minimum Gasteiger partial charge on any atom is -0.434 e. The van der Waals surface area contributed by atoms with Crippen LogP contribution in [0.1, 0.15) is 18.4 Å². The molecule has 6 heteroatoms. The van der Waals surface area contributed by atoms with Gasteiger partial charge in [-0.3, -0.25) is 4.90 Å². The standard InChI is InChI=1S/C15H20F2N2O.ClH/c16-14(17)20-13-4-2-1-3-12(13)9-19-8-6-15(11-19)5-7-18-10-15;/h1-4,14,18H,5-11H2;1H. The van der Waals surface area contributed by atoms with Gasteiger partial charge < -0.3 is 10.1 Å². The van der Waals surface area contributed by atoms with Gasteiger partial charge >= 0.3 is 6.61 Å². The molecule has 2 aliphatic heterocycles. The highest BCUT2D eigenvalue weighted by Gasteiger charge is 2.40. The Morgan fingerprint density at radius 2 is 2.10 bits per heavy atom. The summed E-state index contributed by atoms with van der Waals surface area (Å²) in [7, 11) is 0. The van der Waals surface area contributed by atoms with Crippen LogP contribution in [0.25, 0.3) is 0 Å². The molecule has 0 amide bonds. The maximum Gasteiger partial charge on any atom is 0.387 e. The number of nitrogens with zero attached hydrogens (tertiary/aromatic N) is 1. The smallest absolute Gasteiger partial charge is 0.387 e. The molecular weight excluding hydrogens is 298 g/mol. The van der Waals surface area contributed by atoms with Crippen LogP contribution in [-0.4, -0.2) is 37.7 Å². The van der Waals surface area contributed by atoms with Crippen LogP contribution < -0.4 is 10.1 Å². The molecule has 1 spiro atoms. The van der Waals surface area contributed by atoms with E-state index in [9.17, 15) is 8.78 Å². The lowest BCUT2D eigenvalue weighted by molar-refractivity contribution is -0.0507. The van der Waals surface area contributed by atoms with Crippen LogP contribution in [0.15, 0.2) is 24.3 Å². The van der Waals surface area contributed by atoms with Gasteiger partial charge in [0.05, 0.1) is 0 Å². The van der Waals surface area contributed by atoms with Crippen LogP contribution in [-0.2, 0) is 6.54 Å². The fraction of sp³-hybridized carbons (Fsp3) is 0.600. The maximum atomic E-state index is 12.4. The first kappa shape index (κ1) is 16.5. The van der Waals surface area contributed by atoms with E-state index in [-0.39, 0.29) is 12.4 Å². The lowest BCUT2D eigenvalue weighted by Crippen LogP contribution is -2.29. The Hall–Kier alpha value is -0.910. The van der Waals surface area contributed by atoms with E-state index in [0.717, 1.165) is 31.7 Å². The molecule has 1 unspecified atom stereocenters. The lowest BCUT2D eigenvalue weighted by atomic mass is 9.86. The van der Waals surface area contributed by atoms with Crippen molar-refractivity contribution in [1.82, 2.24) is 10.2 Å². The maximum absolute atomic E-state index is 12.4. The van der Waals surface area contributed by atoms with E-state index in [2.05, 4.69) is 15.0 Å². The molecule has 0 aromatic heterocycles. The Kier molecular flexibility index (Phi) is 5.41. The molecule has 1 aromatic rings. The first-order valence-corrected chi connectivity index (χ1v) is 7.13. The van der Waals surface area contributed by atoms with Gasteiger partial charge in [-0.05, 0) is 37.4 Å². The van der Waals surface area contributed by atoms with Gasteiger partial charge in [-0.25, -0.2) is 0 Å². The van der Waals surface area contributed by atoms with Crippen molar-refractivity contribution < 1.29 is 13.5 Å². The number of nitrogens with one attached hydrogen (secondary N) is 1. The predicted molar refractivity (Wildman–Crippen MR) is 80.1 cm³/mol. The molecule has 2 aliphatic rings. The van der Waals surface area contributed by atoms with Gasteiger partial charge in [0.25, 0.3) is 0 Å². The topological polar surface area (TPSA) is 24.5 Å². The summed E-state index contributed by atoms with van der Waals surface area (Å²) in [6.45, 7) is 2.18. The van der Waals surface area contributed by atoms with Gasteiger partial charge in [-0.1, -0.05) is 18.2 Å². The number of halogens is 3. The van der Waals surface area contributed by atoms with Crippen molar-refractivity contribution in [3.63, 3.8) is 0 Å². The van der Waals surface area contributed by atoms with E-state index in [4.69, 9.17) is 0 Å². The first-order chi connectivity index (χ1) is 9.67. The highest BCUT2D eigenvalue weighted by Crippen LogP contribution is 2.37. The van der Waals surface area contributed by atoms with Crippen molar-refractivity contribution in [3.8, 4) is 5.75 Å². The van der Waals surface area contributed by atoms with Gasteiger partial charge in [0.1, 0.15) is 5.75 Å². The molecule has 0 aliphatic carbocycles. The second-order valence-corrected chi connectivity index (χ2v) is 5.87. The van der Waals surface area contributed by atoms with E-state index in [0.29, 0.717) is 17.7 Å². The fourth-order valence-electron chi connectivity index (χ4n) is 3.39. The van der Waals surface area contributed by atoms with Gasteiger partial charge in [-0.15, -0.1) is 12.4 Å². The Bertz CT molecular complexity index is 467. The summed E-state index contributed by atoms with van der Waals surface area (Å²) >= 11 is 0. The minimum absolute atomic E-state index is 0. The molecule has 2 heterocycles. The third kappa shape index (κ3) is 3.84. The molecule has 0 radical (unpaired) electrons. The molecule has 1 atom stereocenters. The van der Waals surface area contributed by atoms with E-state index in [1.54, 1.807) is 12.1 Å².